The van der Waals surface area contributed by atoms with Crippen LogP contribution in [0.3, 0.4) is 0 Å². The number of nitrogens with zero attached hydrogens (tertiary/aromatic N) is 1. The minimum Gasteiger partial charge on any atom is -0.337 e. The van der Waals surface area contributed by atoms with Gasteiger partial charge >= 0.3 is 0 Å². The number of benzene rings is 2. The molecule has 7 heteroatoms. The fourth-order valence-electron chi connectivity index (χ4n) is 2.43. The van der Waals surface area contributed by atoms with E-state index in [0.29, 0.717) is 5.69 Å². The Bertz CT molecular complexity index is 807. The van der Waals surface area contributed by atoms with Crippen LogP contribution in [0.4, 0.5) is 14.5 Å². The lowest BCUT2D eigenvalue weighted by molar-refractivity contribution is -0.123. The second kappa shape index (κ2) is 6.68. The molecule has 2 aromatic rings. The number of hydrogen-bond donors (Lipinski definition) is 1. The van der Waals surface area contributed by atoms with E-state index in [9.17, 15) is 18.4 Å². The molecular formula is C17H13BrF2N2O2. The molecule has 1 heterocycles. The zero-order valence-corrected chi connectivity index (χ0v) is 14.0. The molecule has 0 bridgehead atoms. The first-order chi connectivity index (χ1) is 11.4. The molecule has 0 unspecified atom stereocenters. The molecule has 0 atom stereocenters. The number of halogens is 3. The highest BCUT2D eigenvalue weighted by Crippen LogP contribution is 2.22. The Hall–Kier alpha value is -2.28. The topological polar surface area (TPSA) is 49.4 Å². The third-order valence-corrected chi connectivity index (χ3v) is 4.29. The van der Waals surface area contributed by atoms with Crippen molar-refractivity contribution in [1.29, 1.82) is 0 Å². The fourth-order valence-corrected chi connectivity index (χ4v) is 2.83. The van der Waals surface area contributed by atoms with Crippen LogP contribution in [0.1, 0.15) is 10.4 Å². The predicted octanol–water partition coefficient (Wildman–Crippen LogP) is 3.44. The summed E-state index contributed by atoms with van der Waals surface area (Å²) in [6.07, 6.45) is 0. The molecule has 2 aromatic carbocycles. The van der Waals surface area contributed by atoms with Gasteiger partial charge in [0.05, 0.1) is 5.92 Å². The monoisotopic (exact) mass is 394 g/mol. The number of rotatable bonds is 3. The average molecular weight is 395 g/mol. The van der Waals surface area contributed by atoms with Crippen LogP contribution < -0.4 is 5.32 Å². The maximum absolute atomic E-state index is 13.2. The SMILES string of the molecule is O=C(Nc1cccc(Br)c1)C1CN(C(=O)c2ccc(F)c(F)c2)C1. The molecule has 1 N–H and O–H groups in total. The molecule has 0 spiro atoms. The molecule has 124 valence electrons. The second-order valence-corrected chi connectivity index (χ2v) is 6.45. The van der Waals surface area contributed by atoms with Crippen LogP contribution in [0.15, 0.2) is 46.9 Å². The first-order valence-electron chi connectivity index (χ1n) is 7.25. The molecule has 1 aliphatic rings. The molecule has 24 heavy (non-hydrogen) atoms. The van der Waals surface area contributed by atoms with Gasteiger partial charge in [0.25, 0.3) is 5.91 Å². The predicted molar refractivity (Wildman–Crippen MR) is 88.5 cm³/mol. The van der Waals surface area contributed by atoms with Crippen LogP contribution in [0.2, 0.25) is 0 Å². The summed E-state index contributed by atoms with van der Waals surface area (Å²) in [5.74, 6) is -2.98. The summed E-state index contributed by atoms with van der Waals surface area (Å²) in [4.78, 5) is 25.7. The van der Waals surface area contributed by atoms with Crippen LogP contribution in [0.5, 0.6) is 0 Å². The van der Waals surface area contributed by atoms with E-state index in [1.165, 1.54) is 11.0 Å². The van der Waals surface area contributed by atoms with Gasteiger partial charge in [0.1, 0.15) is 0 Å². The van der Waals surface area contributed by atoms with E-state index >= 15 is 0 Å². The normalized spacial score (nSPS) is 14.2. The zero-order valence-electron chi connectivity index (χ0n) is 12.4. The molecule has 4 nitrogen and oxygen atoms in total. The summed E-state index contributed by atoms with van der Waals surface area (Å²) >= 11 is 3.32. The third kappa shape index (κ3) is 3.46. The van der Waals surface area contributed by atoms with E-state index in [2.05, 4.69) is 21.2 Å². The fraction of sp³-hybridized carbons (Fsp3) is 0.176. The Kier molecular flexibility index (Phi) is 4.62. The van der Waals surface area contributed by atoms with Gasteiger partial charge in [0.2, 0.25) is 5.91 Å². The lowest BCUT2D eigenvalue weighted by Gasteiger charge is -2.38. The second-order valence-electron chi connectivity index (χ2n) is 5.54. The van der Waals surface area contributed by atoms with Crippen molar-refractivity contribution < 1.29 is 18.4 Å². The molecule has 1 aliphatic heterocycles. The molecule has 3 rings (SSSR count). The van der Waals surface area contributed by atoms with Gasteiger partial charge in [0.15, 0.2) is 11.6 Å². The van der Waals surface area contributed by atoms with E-state index in [-0.39, 0.29) is 30.5 Å². The minimum absolute atomic E-state index is 0.0692. The standard InChI is InChI=1S/C17H13BrF2N2O2/c18-12-2-1-3-13(7-12)21-16(23)11-8-22(9-11)17(24)10-4-5-14(19)15(20)6-10/h1-7,11H,8-9H2,(H,21,23). The largest absolute Gasteiger partial charge is 0.337 e. The molecule has 0 aliphatic carbocycles. The number of likely N-dealkylation sites (tertiary alicyclic amines) is 1. The van der Waals surface area contributed by atoms with Crippen LogP contribution in [0, 0.1) is 17.6 Å². The number of carbonyl (C=O) groups is 2. The first kappa shape index (κ1) is 16.6. The van der Waals surface area contributed by atoms with Crippen molar-refractivity contribution >= 4 is 33.4 Å². The van der Waals surface area contributed by atoms with Crippen molar-refractivity contribution in [3.05, 3.63) is 64.1 Å². The van der Waals surface area contributed by atoms with Gasteiger partial charge < -0.3 is 10.2 Å². The van der Waals surface area contributed by atoms with E-state index in [1.807, 2.05) is 6.07 Å². The van der Waals surface area contributed by atoms with Crippen molar-refractivity contribution in [2.75, 3.05) is 18.4 Å². The quantitative estimate of drug-likeness (QED) is 0.866. The number of nitrogens with one attached hydrogen (secondary N) is 1. The summed E-state index contributed by atoms with van der Waals surface area (Å²) in [5.41, 5.74) is 0.736. The molecule has 0 saturated carbocycles. The number of carbonyl (C=O) groups excluding carboxylic acids is 2. The van der Waals surface area contributed by atoms with Gasteiger partial charge in [-0.15, -0.1) is 0 Å². The highest BCUT2D eigenvalue weighted by Gasteiger charge is 2.36. The summed E-state index contributed by atoms with van der Waals surface area (Å²) in [6.45, 7) is 0.495. The third-order valence-electron chi connectivity index (χ3n) is 3.80. The summed E-state index contributed by atoms with van der Waals surface area (Å²) < 4.78 is 26.9. The van der Waals surface area contributed by atoms with Gasteiger partial charge in [-0.05, 0) is 36.4 Å². The van der Waals surface area contributed by atoms with Crippen molar-refractivity contribution in [3.63, 3.8) is 0 Å². The van der Waals surface area contributed by atoms with Crippen molar-refractivity contribution in [2.24, 2.45) is 5.92 Å². The zero-order chi connectivity index (χ0) is 17.3. The smallest absolute Gasteiger partial charge is 0.254 e. The summed E-state index contributed by atoms with van der Waals surface area (Å²) in [7, 11) is 0. The van der Waals surface area contributed by atoms with Gasteiger partial charge in [-0.25, -0.2) is 8.78 Å². The van der Waals surface area contributed by atoms with Gasteiger partial charge in [0, 0.05) is 28.8 Å². The Balaban J connectivity index is 1.57. The van der Waals surface area contributed by atoms with E-state index < -0.39 is 17.5 Å². The van der Waals surface area contributed by atoms with Crippen LogP contribution in [0.25, 0.3) is 0 Å². The Morgan fingerprint density at radius 2 is 1.83 bits per heavy atom. The van der Waals surface area contributed by atoms with Gasteiger partial charge in [-0.2, -0.15) is 0 Å². The van der Waals surface area contributed by atoms with Crippen LogP contribution in [-0.4, -0.2) is 29.8 Å². The number of anilines is 1. The molecule has 1 fully saturated rings. The van der Waals surface area contributed by atoms with Gasteiger partial charge in [-0.3, -0.25) is 9.59 Å². The van der Waals surface area contributed by atoms with E-state index in [0.717, 1.165) is 16.6 Å². The molecule has 0 aromatic heterocycles. The molecular weight excluding hydrogens is 382 g/mol. The van der Waals surface area contributed by atoms with E-state index in [4.69, 9.17) is 0 Å². The molecule has 0 radical (unpaired) electrons. The maximum Gasteiger partial charge on any atom is 0.254 e. The summed E-state index contributed by atoms with van der Waals surface area (Å²) in [5, 5.41) is 2.78. The van der Waals surface area contributed by atoms with Gasteiger partial charge in [-0.1, -0.05) is 22.0 Å². The first-order valence-corrected chi connectivity index (χ1v) is 8.04. The van der Waals surface area contributed by atoms with Crippen molar-refractivity contribution in [2.45, 2.75) is 0 Å². The highest BCUT2D eigenvalue weighted by molar-refractivity contribution is 9.10. The lowest BCUT2D eigenvalue weighted by atomic mass is 9.97. The van der Waals surface area contributed by atoms with Crippen LogP contribution >= 0.6 is 15.9 Å². The highest BCUT2D eigenvalue weighted by atomic mass is 79.9. The van der Waals surface area contributed by atoms with Crippen molar-refractivity contribution in [1.82, 2.24) is 4.90 Å². The Morgan fingerprint density at radius 3 is 2.50 bits per heavy atom. The Labute approximate surface area is 145 Å². The Morgan fingerprint density at radius 1 is 1.08 bits per heavy atom. The summed E-state index contributed by atoms with van der Waals surface area (Å²) in [6, 6.07) is 10.2. The molecule has 2 amide bonds. The van der Waals surface area contributed by atoms with Crippen LogP contribution in [-0.2, 0) is 4.79 Å². The lowest BCUT2D eigenvalue weighted by Crippen LogP contribution is -2.54. The number of amides is 2. The maximum atomic E-state index is 13.2. The van der Waals surface area contributed by atoms with Crippen molar-refractivity contribution in [3.8, 4) is 0 Å². The molecule has 1 saturated heterocycles. The number of hydrogen-bond acceptors (Lipinski definition) is 2. The average Bonchev–Trinajstić information content (AvgIpc) is 2.48. The minimum atomic E-state index is -1.06. The van der Waals surface area contributed by atoms with E-state index in [1.54, 1.807) is 18.2 Å².